The van der Waals surface area contributed by atoms with Crippen LogP contribution in [0.4, 0.5) is 10.5 Å². The third kappa shape index (κ3) is 4.98. The molecule has 0 aliphatic heterocycles. The van der Waals surface area contributed by atoms with Crippen LogP contribution in [0.2, 0.25) is 0 Å². The van der Waals surface area contributed by atoms with Crippen LogP contribution in [0.3, 0.4) is 0 Å². The Hall–Kier alpha value is -3.51. The van der Waals surface area contributed by atoms with Gasteiger partial charge in [-0.05, 0) is 45.0 Å². The maximum absolute atomic E-state index is 11.8. The van der Waals surface area contributed by atoms with Gasteiger partial charge in [-0.1, -0.05) is 12.1 Å². The average molecular weight is 335 g/mol. The zero-order chi connectivity index (χ0) is 18.4. The Morgan fingerprint density at radius 1 is 1.08 bits per heavy atom. The Bertz CT molecular complexity index is 871. The van der Waals surface area contributed by atoms with E-state index in [-0.39, 0.29) is 16.9 Å². The van der Waals surface area contributed by atoms with Crippen LogP contribution in [0, 0.1) is 22.7 Å². The quantitative estimate of drug-likeness (QED) is 0.886. The van der Waals surface area contributed by atoms with Crippen molar-refractivity contribution in [3.63, 3.8) is 0 Å². The van der Waals surface area contributed by atoms with Crippen molar-refractivity contribution in [1.82, 2.24) is 0 Å². The van der Waals surface area contributed by atoms with E-state index in [0.717, 1.165) is 0 Å². The number of nitrogens with one attached hydrogen (secondary N) is 1. The lowest BCUT2D eigenvalue weighted by molar-refractivity contribution is 0.0636. The van der Waals surface area contributed by atoms with Gasteiger partial charge in [0, 0.05) is 11.8 Å². The number of carbonyl (C=O) groups is 1. The molecular formula is C19H17N3O3. The zero-order valence-corrected chi connectivity index (χ0v) is 14.2. The Labute approximate surface area is 146 Å². The third-order valence-electron chi connectivity index (χ3n) is 2.97. The minimum atomic E-state index is -0.600. The number of anilines is 1. The number of rotatable bonds is 3. The second-order valence-corrected chi connectivity index (χ2v) is 6.16. The van der Waals surface area contributed by atoms with Crippen LogP contribution in [0.1, 0.15) is 31.9 Å². The number of nitrogens with zero attached hydrogens (tertiary/aromatic N) is 2. The Morgan fingerprint density at radius 2 is 1.80 bits per heavy atom. The molecule has 6 nitrogen and oxygen atoms in total. The van der Waals surface area contributed by atoms with Gasteiger partial charge in [-0.2, -0.15) is 10.5 Å². The molecule has 0 aliphatic carbocycles. The first-order valence-electron chi connectivity index (χ1n) is 7.53. The Kier molecular flexibility index (Phi) is 5.26. The summed E-state index contributed by atoms with van der Waals surface area (Å²) in [5.74, 6) is 0.691. The molecule has 0 aliphatic rings. The van der Waals surface area contributed by atoms with Crippen molar-refractivity contribution in [2.75, 3.05) is 5.32 Å². The Balaban J connectivity index is 2.20. The highest BCUT2D eigenvalue weighted by molar-refractivity contribution is 5.85. The number of nitriles is 2. The van der Waals surface area contributed by atoms with Gasteiger partial charge in [-0.3, -0.25) is 5.32 Å². The molecule has 1 amide bonds. The molecule has 126 valence electrons. The number of benzene rings is 2. The van der Waals surface area contributed by atoms with E-state index in [1.54, 1.807) is 63.2 Å². The predicted octanol–water partition coefficient (Wildman–Crippen LogP) is 4.57. The van der Waals surface area contributed by atoms with Crippen molar-refractivity contribution in [3.05, 3.63) is 53.6 Å². The van der Waals surface area contributed by atoms with Gasteiger partial charge >= 0.3 is 6.09 Å². The number of ether oxygens (including phenoxy) is 2. The topological polar surface area (TPSA) is 95.1 Å². The first-order valence-corrected chi connectivity index (χ1v) is 7.53. The van der Waals surface area contributed by atoms with Crippen LogP contribution in [0.15, 0.2) is 42.5 Å². The van der Waals surface area contributed by atoms with E-state index in [1.165, 1.54) is 0 Å². The molecule has 0 atom stereocenters. The van der Waals surface area contributed by atoms with Gasteiger partial charge in [0.2, 0.25) is 0 Å². The minimum absolute atomic E-state index is 0.163. The fraction of sp³-hybridized carbons (Fsp3) is 0.211. The normalized spacial score (nSPS) is 10.3. The molecule has 0 saturated carbocycles. The molecule has 0 aromatic heterocycles. The maximum atomic E-state index is 11.8. The number of hydrogen-bond acceptors (Lipinski definition) is 5. The summed E-state index contributed by atoms with van der Waals surface area (Å²) in [5, 5.41) is 20.9. The molecule has 1 N–H and O–H groups in total. The van der Waals surface area contributed by atoms with Crippen LogP contribution >= 0.6 is 0 Å². The number of hydrogen-bond donors (Lipinski definition) is 1. The highest BCUT2D eigenvalue weighted by Crippen LogP contribution is 2.28. The fourth-order valence-corrected chi connectivity index (χ4v) is 2.01. The van der Waals surface area contributed by atoms with Gasteiger partial charge in [0.25, 0.3) is 0 Å². The average Bonchev–Trinajstić information content (AvgIpc) is 2.53. The summed E-state index contributed by atoms with van der Waals surface area (Å²) in [7, 11) is 0. The molecule has 0 radical (unpaired) electrons. The van der Waals surface area contributed by atoms with E-state index in [2.05, 4.69) is 5.32 Å². The SMILES string of the molecule is CC(C)(C)OC(=O)Nc1cccc(Oc2cccc(C#N)c2C#N)c1. The van der Waals surface area contributed by atoms with Crippen LogP contribution in [-0.2, 0) is 4.74 Å². The van der Waals surface area contributed by atoms with Crippen molar-refractivity contribution in [3.8, 4) is 23.6 Å². The second kappa shape index (κ2) is 7.37. The molecule has 2 rings (SSSR count). The zero-order valence-electron chi connectivity index (χ0n) is 14.2. The first kappa shape index (κ1) is 17.8. The van der Waals surface area contributed by atoms with Crippen LogP contribution in [0.25, 0.3) is 0 Å². The fourth-order valence-electron chi connectivity index (χ4n) is 2.01. The first-order chi connectivity index (χ1) is 11.8. The summed E-state index contributed by atoms with van der Waals surface area (Å²) >= 11 is 0. The third-order valence-corrected chi connectivity index (χ3v) is 2.97. The largest absolute Gasteiger partial charge is 0.456 e. The molecule has 2 aromatic rings. The van der Waals surface area contributed by atoms with Crippen molar-refractivity contribution in [1.29, 1.82) is 10.5 Å². The van der Waals surface area contributed by atoms with Crippen LogP contribution in [-0.4, -0.2) is 11.7 Å². The molecule has 0 unspecified atom stereocenters. The van der Waals surface area contributed by atoms with E-state index < -0.39 is 11.7 Å². The number of carbonyl (C=O) groups excluding carboxylic acids is 1. The molecule has 0 saturated heterocycles. The molecule has 0 bridgehead atoms. The van der Waals surface area contributed by atoms with Crippen molar-refractivity contribution < 1.29 is 14.3 Å². The molecule has 0 fully saturated rings. The summed E-state index contributed by atoms with van der Waals surface area (Å²) in [6, 6.07) is 15.4. The number of amides is 1. The van der Waals surface area contributed by atoms with Gasteiger partial charge in [0.05, 0.1) is 5.56 Å². The summed E-state index contributed by atoms with van der Waals surface area (Å²) in [6.07, 6.45) is -0.575. The second-order valence-electron chi connectivity index (χ2n) is 6.16. The van der Waals surface area contributed by atoms with Gasteiger partial charge in [0.15, 0.2) is 0 Å². The molecule has 6 heteroatoms. The van der Waals surface area contributed by atoms with Gasteiger partial charge < -0.3 is 9.47 Å². The van der Waals surface area contributed by atoms with Gasteiger partial charge in [-0.15, -0.1) is 0 Å². The lowest BCUT2D eigenvalue weighted by atomic mass is 10.1. The highest BCUT2D eigenvalue weighted by atomic mass is 16.6. The van der Waals surface area contributed by atoms with Crippen LogP contribution < -0.4 is 10.1 Å². The van der Waals surface area contributed by atoms with Crippen molar-refractivity contribution in [2.45, 2.75) is 26.4 Å². The van der Waals surface area contributed by atoms with Gasteiger partial charge in [-0.25, -0.2) is 4.79 Å². The monoisotopic (exact) mass is 335 g/mol. The standard InChI is InChI=1S/C19H17N3O3/c1-19(2,3)25-18(23)22-14-7-5-8-15(10-14)24-17-9-4-6-13(11-20)16(17)12-21/h4-10H,1-3H3,(H,22,23). The molecule has 0 heterocycles. The predicted molar refractivity (Wildman–Crippen MR) is 92.2 cm³/mol. The molecular weight excluding hydrogens is 318 g/mol. The minimum Gasteiger partial charge on any atom is -0.456 e. The summed E-state index contributed by atoms with van der Waals surface area (Å²) in [6.45, 7) is 5.33. The summed E-state index contributed by atoms with van der Waals surface area (Å²) in [4.78, 5) is 11.8. The molecule has 25 heavy (non-hydrogen) atoms. The van der Waals surface area contributed by atoms with E-state index in [4.69, 9.17) is 14.7 Å². The maximum Gasteiger partial charge on any atom is 0.412 e. The summed E-state index contributed by atoms with van der Waals surface area (Å²) < 4.78 is 10.9. The van der Waals surface area contributed by atoms with E-state index >= 15 is 0 Å². The van der Waals surface area contributed by atoms with E-state index in [9.17, 15) is 10.1 Å². The van der Waals surface area contributed by atoms with E-state index in [1.807, 2.05) is 12.1 Å². The Morgan fingerprint density at radius 3 is 2.44 bits per heavy atom. The van der Waals surface area contributed by atoms with Crippen molar-refractivity contribution >= 4 is 11.8 Å². The molecule has 0 spiro atoms. The van der Waals surface area contributed by atoms with Crippen LogP contribution in [0.5, 0.6) is 11.5 Å². The lowest BCUT2D eigenvalue weighted by Gasteiger charge is -2.19. The van der Waals surface area contributed by atoms with E-state index in [0.29, 0.717) is 11.4 Å². The lowest BCUT2D eigenvalue weighted by Crippen LogP contribution is -2.27. The molecule has 2 aromatic carbocycles. The summed E-state index contributed by atoms with van der Waals surface area (Å²) in [5.41, 5.74) is 0.290. The van der Waals surface area contributed by atoms with Crippen molar-refractivity contribution in [2.24, 2.45) is 0 Å². The highest BCUT2D eigenvalue weighted by Gasteiger charge is 2.16. The smallest absolute Gasteiger partial charge is 0.412 e. The van der Waals surface area contributed by atoms with Gasteiger partial charge in [0.1, 0.15) is 34.8 Å².